The van der Waals surface area contributed by atoms with Crippen LogP contribution in [0.15, 0.2) is 18.6 Å². The van der Waals surface area contributed by atoms with Gasteiger partial charge in [0.1, 0.15) is 5.69 Å². The number of aliphatic carboxylic acids is 1. The number of hydrogen-bond donors (Lipinski definition) is 2. The van der Waals surface area contributed by atoms with Crippen LogP contribution in [0.5, 0.6) is 0 Å². The van der Waals surface area contributed by atoms with Gasteiger partial charge in [-0.3, -0.25) is 14.6 Å². The van der Waals surface area contributed by atoms with Gasteiger partial charge in [-0.1, -0.05) is 6.92 Å². The third-order valence-electron chi connectivity index (χ3n) is 2.32. The van der Waals surface area contributed by atoms with Crippen molar-refractivity contribution in [1.82, 2.24) is 15.3 Å². The molecule has 0 saturated heterocycles. The van der Waals surface area contributed by atoms with E-state index in [2.05, 4.69) is 15.3 Å². The fourth-order valence-electron chi connectivity index (χ4n) is 1.24. The summed E-state index contributed by atoms with van der Waals surface area (Å²) in [5, 5.41) is 11.3. The number of carboxylic acid groups (broad SMARTS) is 1. The van der Waals surface area contributed by atoms with Gasteiger partial charge < -0.3 is 10.4 Å². The molecule has 0 aliphatic rings. The molecule has 0 spiro atoms. The van der Waals surface area contributed by atoms with Gasteiger partial charge in [0.2, 0.25) is 0 Å². The molecule has 1 atom stereocenters. The maximum atomic E-state index is 11.5. The second kappa shape index (κ2) is 6.57. The molecule has 1 amide bonds. The third kappa shape index (κ3) is 4.58. The summed E-state index contributed by atoms with van der Waals surface area (Å²) in [6.07, 6.45) is 5.48. The van der Waals surface area contributed by atoms with Crippen LogP contribution in [0, 0.1) is 5.92 Å². The molecule has 92 valence electrons. The minimum absolute atomic E-state index is 0.263. The molecule has 0 fully saturated rings. The highest BCUT2D eigenvalue weighted by atomic mass is 16.4. The van der Waals surface area contributed by atoms with Crippen LogP contribution in [0.25, 0.3) is 0 Å². The zero-order valence-corrected chi connectivity index (χ0v) is 9.59. The highest BCUT2D eigenvalue weighted by molar-refractivity contribution is 5.91. The van der Waals surface area contributed by atoms with Gasteiger partial charge in [-0.15, -0.1) is 0 Å². The largest absolute Gasteiger partial charge is 0.481 e. The van der Waals surface area contributed by atoms with E-state index in [1.165, 1.54) is 18.6 Å². The van der Waals surface area contributed by atoms with Crippen molar-refractivity contribution in [2.45, 2.75) is 19.8 Å². The Morgan fingerprint density at radius 3 is 2.82 bits per heavy atom. The van der Waals surface area contributed by atoms with E-state index in [0.29, 0.717) is 19.4 Å². The average molecular weight is 237 g/mol. The topological polar surface area (TPSA) is 92.2 Å². The van der Waals surface area contributed by atoms with E-state index < -0.39 is 5.97 Å². The number of aromatic nitrogens is 2. The Morgan fingerprint density at radius 2 is 2.24 bits per heavy atom. The van der Waals surface area contributed by atoms with Gasteiger partial charge in [-0.25, -0.2) is 4.98 Å². The van der Waals surface area contributed by atoms with E-state index in [1.54, 1.807) is 6.92 Å². The number of amides is 1. The van der Waals surface area contributed by atoms with E-state index in [0.717, 1.165) is 0 Å². The lowest BCUT2D eigenvalue weighted by atomic mass is 10.1. The van der Waals surface area contributed by atoms with Crippen molar-refractivity contribution in [3.8, 4) is 0 Å². The summed E-state index contributed by atoms with van der Waals surface area (Å²) >= 11 is 0. The van der Waals surface area contributed by atoms with Crippen molar-refractivity contribution in [3.05, 3.63) is 24.3 Å². The maximum Gasteiger partial charge on any atom is 0.306 e. The van der Waals surface area contributed by atoms with Crippen LogP contribution in [-0.4, -0.2) is 33.5 Å². The van der Waals surface area contributed by atoms with E-state index in [9.17, 15) is 9.59 Å². The highest BCUT2D eigenvalue weighted by Gasteiger charge is 2.10. The number of nitrogens with one attached hydrogen (secondary N) is 1. The van der Waals surface area contributed by atoms with E-state index in [-0.39, 0.29) is 17.5 Å². The highest BCUT2D eigenvalue weighted by Crippen LogP contribution is 2.04. The lowest BCUT2D eigenvalue weighted by Crippen LogP contribution is -2.26. The Morgan fingerprint density at radius 1 is 1.47 bits per heavy atom. The van der Waals surface area contributed by atoms with Crippen LogP contribution in [0.4, 0.5) is 0 Å². The summed E-state index contributed by atoms with van der Waals surface area (Å²) in [5.74, 6) is -1.49. The molecule has 17 heavy (non-hydrogen) atoms. The Hall–Kier alpha value is -1.98. The SMILES string of the molecule is CC(CCCNC(=O)c1cnccn1)C(=O)O. The molecular formula is C11H15N3O3. The van der Waals surface area contributed by atoms with Crippen molar-refractivity contribution in [3.63, 3.8) is 0 Å². The molecule has 0 saturated carbocycles. The van der Waals surface area contributed by atoms with Gasteiger partial charge in [-0.2, -0.15) is 0 Å². The molecule has 1 aromatic rings. The van der Waals surface area contributed by atoms with E-state index >= 15 is 0 Å². The van der Waals surface area contributed by atoms with Gasteiger partial charge in [0.05, 0.1) is 12.1 Å². The molecule has 0 aromatic carbocycles. The predicted molar refractivity (Wildman–Crippen MR) is 60.4 cm³/mol. The summed E-state index contributed by atoms with van der Waals surface area (Å²) < 4.78 is 0. The summed E-state index contributed by atoms with van der Waals surface area (Å²) in [7, 11) is 0. The normalized spacial score (nSPS) is 11.8. The molecule has 6 heteroatoms. The number of hydrogen-bond acceptors (Lipinski definition) is 4. The molecule has 1 unspecified atom stereocenters. The molecule has 1 rings (SSSR count). The standard InChI is InChI=1S/C11H15N3O3/c1-8(11(16)17)3-2-4-14-10(15)9-7-12-5-6-13-9/h5-8H,2-4H2,1H3,(H,14,15)(H,16,17). The summed E-state index contributed by atoms with van der Waals surface area (Å²) in [6, 6.07) is 0. The molecule has 2 N–H and O–H groups in total. The van der Waals surface area contributed by atoms with Gasteiger partial charge in [0.15, 0.2) is 0 Å². The third-order valence-corrected chi connectivity index (χ3v) is 2.32. The molecule has 0 aliphatic carbocycles. The Bertz CT molecular complexity index is 381. The zero-order chi connectivity index (χ0) is 12.7. The summed E-state index contributed by atoms with van der Waals surface area (Å²) in [4.78, 5) is 29.7. The van der Waals surface area contributed by atoms with Crippen LogP contribution >= 0.6 is 0 Å². The summed E-state index contributed by atoms with van der Waals surface area (Å²) in [5.41, 5.74) is 0.263. The average Bonchev–Trinajstić information content (AvgIpc) is 2.35. The molecule has 0 bridgehead atoms. The number of carbonyl (C=O) groups excluding carboxylic acids is 1. The van der Waals surface area contributed by atoms with Gasteiger partial charge >= 0.3 is 5.97 Å². The minimum atomic E-state index is -0.815. The second-order valence-electron chi connectivity index (χ2n) is 3.73. The molecule has 0 radical (unpaired) electrons. The number of nitrogens with zero attached hydrogens (tertiary/aromatic N) is 2. The Kier molecular flexibility index (Phi) is 5.06. The molecule has 1 heterocycles. The lowest BCUT2D eigenvalue weighted by Gasteiger charge is -2.06. The van der Waals surface area contributed by atoms with E-state index in [1.807, 2.05) is 0 Å². The molecule has 0 aliphatic heterocycles. The number of carboxylic acids is 1. The van der Waals surface area contributed by atoms with Crippen molar-refractivity contribution < 1.29 is 14.7 Å². The smallest absolute Gasteiger partial charge is 0.306 e. The Labute approximate surface area is 99.1 Å². The summed E-state index contributed by atoms with van der Waals surface area (Å²) in [6.45, 7) is 2.08. The second-order valence-corrected chi connectivity index (χ2v) is 3.73. The minimum Gasteiger partial charge on any atom is -0.481 e. The van der Waals surface area contributed by atoms with Crippen LogP contribution in [0.2, 0.25) is 0 Å². The Balaban J connectivity index is 2.24. The fraction of sp³-hybridized carbons (Fsp3) is 0.455. The first-order valence-electron chi connectivity index (χ1n) is 5.38. The van der Waals surface area contributed by atoms with Crippen LogP contribution < -0.4 is 5.32 Å². The predicted octanol–water partition coefficient (Wildman–Crippen LogP) is 0.707. The quantitative estimate of drug-likeness (QED) is 0.711. The first-order chi connectivity index (χ1) is 8.11. The van der Waals surface area contributed by atoms with Crippen molar-refractivity contribution in [2.24, 2.45) is 5.92 Å². The fourth-order valence-corrected chi connectivity index (χ4v) is 1.24. The molecule has 1 aromatic heterocycles. The van der Waals surface area contributed by atoms with Crippen LogP contribution in [0.1, 0.15) is 30.3 Å². The van der Waals surface area contributed by atoms with Gasteiger partial charge in [0, 0.05) is 18.9 Å². The van der Waals surface area contributed by atoms with Crippen molar-refractivity contribution in [1.29, 1.82) is 0 Å². The van der Waals surface area contributed by atoms with Gasteiger partial charge in [-0.05, 0) is 12.8 Å². The van der Waals surface area contributed by atoms with Crippen LogP contribution in [0.3, 0.4) is 0 Å². The van der Waals surface area contributed by atoms with Crippen molar-refractivity contribution in [2.75, 3.05) is 6.54 Å². The zero-order valence-electron chi connectivity index (χ0n) is 9.59. The van der Waals surface area contributed by atoms with Crippen LogP contribution in [-0.2, 0) is 4.79 Å². The monoisotopic (exact) mass is 237 g/mol. The first kappa shape index (κ1) is 13.1. The number of rotatable bonds is 6. The maximum absolute atomic E-state index is 11.5. The molecular weight excluding hydrogens is 222 g/mol. The molecule has 6 nitrogen and oxygen atoms in total. The van der Waals surface area contributed by atoms with Crippen molar-refractivity contribution >= 4 is 11.9 Å². The van der Waals surface area contributed by atoms with Gasteiger partial charge in [0.25, 0.3) is 5.91 Å². The lowest BCUT2D eigenvalue weighted by molar-refractivity contribution is -0.141. The number of carbonyl (C=O) groups is 2. The van der Waals surface area contributed by atoms with E-state index in [4.69, 9.17) is 5.11 Å². The first-order valence-corrected chi connectivity index (χ1v) is 5.38.